The quantitative estimate of drug-likeness (QED) is 0.305. The van der Waals surface area contributed by atoms with E-state index in [1.807, 2.05) is 11.3 Å². The third-order valence-corrected chi connectivity index (χ3v) is 7.17. The smallest absolute Gasteiger partial charge is 0.303 e. The Kier molecular flexibility index (Phi) is 10.8. The highest BCUT2D eigenvalue weighted by atomic mass is 32.1. The van der Waals surface area contributed by atoms with Gasteiger partial charge in [-0.2, -0.15) is 0 Å². The zero-order chi connectivity index (χ0) is 19.3. The highest BCUT2D eigenvalue weighted by Crippen LogP contribution is 2.35. The van der Waals surface area contributed by atoms with Gasteiger partial charge in [0.05, 0.1) is 0 Å². The van der Waals surface area contributed by atoms with Gasteiger partial charge in [0.25, 0.3) is 0 Å². The highest BCUT2D eigenvalue weighted by molar-refractivity contribution is 7.20. The summed E-state index contributed by atoms with van der Waals surface area (Å²) in [4.78, 5) is 13.4. The molecule has 0 aromatic carbocycles. The summed E-state index contributed by atoms with van der Waals surface area (Å²) in [5.41, 5.74) is 2.61. The van der Waals surface area contributed by atoms with Crippen LogP contribution in [0.1, 0.15) is 88.7 Å². The summed E-state index contributed by atoms with van der Waals surface area (Å²) >= 11 is 3.56. The van der Waals surface area contributed by atoms with E-state index in [1.54, 1.807) is 11.3 Å². The Bertz CT molecular complexity index is 657. The van der Waals surface area contributed by atoms with Gasteiger partial charge in [-0.1, -0.05) is 64.7 Å². The van der Waals surface area contributed by atoms with Gasteiger partial charge < -0.3 is 5.11 Å². The molecule has 2 aromatic heterocycles. The number of thiophene rings is 2. The molecule has 0 aliphatic rings. The summed E-state index contributed by atoms with van der Waals surface area (Å²) in [6, 6.07) is 4.45. The van der Waals surface area contributed by atoms with Crippen LogP contribution in [0.5, 0.6) is 0 Å². The number of carboxylic acids is 1. The molecular formula is C23H34O2S2. The third-order valence-electron chi connectivity index (χ3n) is 5.05. The summed E-state index contributed by atoms with van der Waals surface area (Å²) in [6.07, 6.45) is 15.8. The van der Waals surface area contributed by atoms with Crippen molar-refractivity contribution in [3.8, 4) is 9.75 Å². The summed E-state index contributed by atoms with van der Waals surface area (Å²) in [6.45, 7) is 2.27. The van der Waals surface area contributed by atoms with Crippen molar-refractivity contribution in [2.45, 2.75) is 90.4 Å². The first-order chi connectivity index (χ1) is 13.2. The van der Waals surface area contributed by atoms with Crippen LogP contribution in [0.4, 0.5) is 0 Å². The van der Waals surface area contributed by atoms with Crippen LogP contribution >= 0.6 is 22.7 Å². The molecule has 0 aliphatic heterocycles. The summed E-state index contributed by atoms with van der Waals surface area (Å²) in [5.74, 6) is -0.722. The molecule has 0 radical (unpaired) electrons. The number of unbranched alkanes of at least 4 members (excludes halogenated alkanes) is 9. The molecule has 0 atom stereocenters. The van der Waals surface area contributed by atoms with Crippen LogP contribution in [0.25, 0.3) is 9.75 Å². The van der Waals surface area contributed by atoms with Gasteiger partial charge in [0.1, 0.15) is 0 Å². The lowest BCUT2D eigenvalue weighted by molar-refractivity contribution is -0.136. The number of hydrogen-bond acceptors (Lipinski definition) is 3. The maximum absolute atomic E-state index is 10.7. The normalized spacial score (nSPS) is 11.1. The van der Waals surface area contributed by atoms with Gasteiger partial charge in [-0.25, -0.2) is 0 Å². The number of carboxylic acid groups (broad SMARTS) is 1. The van der Waals surface area contributed by atoms with Gasteiger partial charge >= 0.3 is 5.97 Å². The van der Waals surface area contributed by atoms with E-state index in [0.29, 0.717) is 6.42 Å². The van der Waals surface area contributed by atoms with Crippen LogP contribution in [0.2, 0.25) is 0 Å². The Labute approximate surface area is 172 Å². The molecule has 0 aliphatic carbocycles. The minimum atomic E-state index is -0.722. The fraction of sp³-hybridized carbons (Fsp3) is 0.609. The SMILES string of the molecule is CCCCCCCCCCCCc1ccsc1-c1cc(CCC(=O)O)cs1. The first-order valence-electron chi connectivity index (χ1n) is 10.6. The Morgan fingerprint density at radius 2 is 1.59 bits per heavy atom. The van der Waals surface area contributed by atoms with Crippen molar-refractivity contribution in [3.63, 3.8) is 0 Å². The monoisotopic (exact) mass is 406 g/mol. The second-order valence-electron chi connectivity index (χ2n) is 7.42. The first kappa shape index (κ1) is 22.2. The predicted octanol–water partition coefficient (Wildman–Crippen LogP) is 7.96. The molecule has 0 spiro atoms. The average molecular weight is 407 g/mol. The zero-order valence-corrected chi connectivity index (χ0v) is 18.3. The molecule has 0 amide bonds. The highest BCUT2D eigenvalue weighted by Gasteiger charge is 2.10. The molecule has 2 nitrogen and oxygen atoms in total. The molecule has 0 saturated heterocycles. The topological polar surface area (TPSA) is 37.3 Å². The van der Waals surface area contributed by atoms with Gasteiger partial charge in [0, 0.05) is 16.2 Å². The number of carbonyl (C=O) groups is 1. The minimum Gasteiger partial charge on any atom is -0.481 e. The molecule has 27 heavy (non-hydrogen) atoms. The molecule has 2 aromatic rings. The van der Waals surface area contributed by atoms with Crippen LogP contribution in [0.15, 0.2) is 22.9 Å². The predicted molar refractivity (Wildman–Crippen MR) is 119 cm³/mol. The van der Waals surface area contributed by atoms with Crippen molar-refractivity contribution in [2.24, 2.45) is 0 Å². The maximum atomic E-state index is 10.7. The van der Waals surface area contributed by atoms with E-state index in [9.17, 15) is 4.79 Å². The van der Waals surface area contributed by atoms with E-state index < -0.39 is 5.97 Å². The molecule has 2 rings (SSSR count). The second-order valence-corrected chi connectivity index (χ2v) is 9.25. The molecule has 1 N–H and O–H groups in total. The van der Waals surface area contributed by atoms with E-state index in [4.69, 9.17) is 5.11 Å². The fourth-order valence-electron chi connectivity index (χ4n) is 3.43. The third kappa shape index (κ3) is 8.61. The van der Waals surface area contributed by atoms with Crippen LogP contribution < -0.4 is 0 Å². The number of rotatable bonds is 15. The van der Waals surface area contributed by atoms with Crippen LogP contribution in [0.3, 0.4) is 0 Å². The maximum Gasteiger partial charge on any atom is 0.303 e. The van der Waals surface area contributed by atoms with E-state index >= 15 is 0 Å². The summed E-state index contributed by atoms with van der Waals surface area (Å²) in [7, 11) is 0. The summed E-state index contributed by atoms with van der Waals surface area (Å²) in [5, 5.41) is 13.1. The fourth-order valence-corrected chi connectivity index (χ4v) is 5.50. The molecule has 0 bridgehead atoms. The van der Waals surface area contributed by atoms with Crippen LogP contribution in [-0.4, -0.2) is 11.1 Å². The van der Waals surface area contributed by atoms with E-state index in [2.05, 4.69) is 29.8 Å². The average Bonchev–Trinajstić information content (AvgIpc) is 3.30. The largest absolute Gasteiger partial charge is 0.481 e. The molecule has 4 heteroatoms. The molecule has 2 heterocycles. The summed E-state index contributed by atoms with van der Waals surface area (Å²) < 4.78 is 0. The zero-order valence-electron chi connectivity index (χ0n) is 16.7. The Balaban J connectivity index is 1.66. The van der Waals surface area contributed by atoms with E-state index in [-0.39, 0.29) is 6.42 Å². The first-order valence-corrected chi connectivity index (χ1v) is 12.3. The van der Waals surface area contributed by atoms with Crippen molar-refractivity contribution < 1.29 is 9.90 Å². The van der Waals surface area contributed by atoms with Gasteiger partial charge in [-0.3, -0.25) is 4.79 Å². The van der Waals surface area contributed by atoms with E-state index in [0.717, 1.165) is 12.0 Å². The molecular weight excluding hydrogens is 372 g/mol. The van der Waals surface area contributed by atoms with Gasteiger partial charge in [0.15, 0.2) is 0 Å². The molecule has 0 fully saturated rings. The van der Waals surface area contributed by atoms with Crippen molar-refractivity contribution in [1.29, 1.82) is 0 Å². The van der Waals surface area contributed by atoms with Crippen molar-refractivity contribution in [3.05, 3.63) is 34.0 Å². The van der Waals surface area contributed by atoms with Crippen LogP contribution in [-0.2, 0) is 17.6 Å². The lowest BCUT2D eigenvalue weighted by atomic mass is 10.0. The lowest BCUT2D eigenvalue weighted by Crippen LogP contribution is -1.96. The Hall–Kier alpha value is -1.13. The van der Waals surface area contributed by atoms with Crippen molar-refractivity contribution in [1.82, 2.24) is 0 Å². The van der Waals surface area contributed by atoms with E-state index in [1.165, 1.54) is 79.5 Å². The molecule has 0 unspecified atom stereocenters. The minimum absolute atomic E-state index is 0.214. The van der Waals surface area contributed by atoms with Gasteiger partial charge in [-0.15, -0.1) is 22.7 Å². The number of aliphatic carboxylic acids is 1. The van der Waals surface area contributed by atoms with Crippen LogP contribution in [0, 0.1) is 0 Å². The molecule has 0 saturated carbocycles. The van der Waals surface area contributed by atoms with Gasteiger partial charge in [0.2, 0.25) is 0 Å². The van der Waals surface area contributed by atoms with Gasteiger partial charge in [-0.05, 0) is 53.3 Å². The lowest BCUT2D eigenvalue weighted by Gasteiger charge is -2.04. The Morgan fingerprint density at radius 3 is 2.26 bits per heavy atom. The standard InChI is InChI=1S/C23H34O2S2/c1-2-3-4-5-6-7-8-9-10-11-12-20-15-16-26-23(20)21-17-19(18-27-21)13-14-22(24)25/h15-18H,2-14H2,1H3,(H,24,25). The molecule has 150 valence electrons. The number of hydrogen-bond donors (Lipinski definition) is 1. The number of aryl methyl sites for hydroxylation is 2. The van der Waals surface area contributed by atoms with Crippen molar-refractivity contribution >= 4 is 28.6 Å². The second kappa shape index (κ2) is 13.1. The Morgan fingerprint density at radius 1 is 0.926 bits per heavy atom. The van der Waals surface area contributed by atoms with Crippen molar-refractivity contribution in [2.75, 3.05) is 0 Å².